The summed E-state index contributed by atoms with van der Waals surface area (Å²) in [6, 6.07) is 77.2. The van der Waals surface area contributed by atoms with E-state index in [-0.39, 0.29) is 0 Å². The summed E-state index contributed by atoms with van der Waals surface area (Å²) in [5.74, 6) is 0. The largest absolute Gasteiger partial charge is 0.310 e. The molecule has 0 fully saturated rings. The van der Waals surface area contributed by atoms with Crippen LogP contribution in [0.15, 0.2) is 212 Å². The van der Waals surface area contributed by atoms with Crippen LogP contribution in [-0.2, 0) is 0 Å². The molecule has 0 amide bonds. The molecular formula is C52H35N. The summed E-state index contributed by atoms with van der Waals surface area (Å²) in [7, 11) is 0. The van der Waals surface area contributed by atoms with Gasteiger partial charge in [0.2, 0.25) is 0 Å². The SMILES string of the molecule is c1ccc(-c2ccc(N(c3cccc(-c4cc5ccc6ccc7ccccc7c6c5c5ccccc45)c3)c3ccccc3-c3ccccc3)cc2)cc1. The van der Waals surface area contributed by atoms with E-state index in [1.54, 1.807) is 0 Å². The molecule has 0 aromatic heterocycles. The smallest absolute Gasteiger partial charge is 0.0540 e. The van der Waals surface area contributed by atoms with Crippen molar-refractivity contribution in [2.75, 3.05) is 4.90 Å². The molecule has 1 heteroatoms. The van der Waals surface area contributed by atoms with E-state index in [2.05, 4.69) is 217 Å². The minimum Gasteiger partial charge on any atom is -0.310 e. The van der Waals surface area contributed by atoms with E-state index < -0.39 is 0 Å². The number of benzene rings is 10. The van der Waals surface area contributed by atoms with Crippen LogP contribution >= 0.6 is 0 Å². The highest BCUT2D eigenvalue weighted by molar-refractivity contribution is 6.29. The number of hydrogen-bond donors (Lipinski definition) is 0. The molecule has 0 atom stereocenters. The van der Waals surface area contributed by atoms with Crippen LogP contribution in [0.1, 0.15) is 0 Å². The first-order valence-electron chi connectivity index (χ1n) is 18.3. The lowest BCUT2D eigenvalue weighted by atomic mass is 9.89. The zero-order chi connectivity index (χ0) is 35.1. The first-order valence-corrected chi connectivity index (χ1v) is 18.3. The first kappa shape index (κ1) is 30.8. The van der Waals surface area contributed by atoms with Crippen molar-refractivity contribution in [1.82, 2.24) is 0 Å². The maximum atomic E-state index is 2.41. The third-order valence-electron chi connectivity index (χ3n) is 10.6. The Balaban J connectivity index is 1.18. The number of anilines is 3. The predicted molar refractivity (Wildman–Crippen MR) is 227 cm³/mol. The number of hydrogen-bond acceptors (Lipinski definition) is 1. The van der Waals surface area contributed by atoms with Crippen LogP contribution in [-0.4, -0.2) is 0 Å². The van der Waals surface area contributed by atoms with Gasteiger partial charge in [-0.05, 0) is 107 Å². The maximum Gasteiger partial charge on any atom is 0.0540 e. The third-order valence-corrected chi connectivity index (χ3v) is 10.6. The zero-order valence-electron chi connectivity index (χ0n) is 29.2. The highest BCUT2D eigenvalue weighted by Gasteiger charge is 2.19. The van der Waals surface area contributed by atoms with E-state index >= 15 is 0 Å². The molecule has 248 valence electrons. The summed E-state index contributed by atoms with van der Waals surface area (Å²) < 4.78 is 0. The molecule has 10 aromatic rings. The number of para-hydroxylation sites is 1. The van der Waals surface area contributed by atoms with Crippen molar-refractivity contribution >= 4 is 60.2 Å². The quantitative estimate of drug-likeness (QED) is 0.159. The lowest BCUT2D eigenvalue weighted by Crippen LogP contribution is -2.11. The Morgan fingerprint density at radius 3 is 1.62 bits per heavy atom. The number of rotatable bonds is 6. The molecule has 0 saturated carbocycles. The van der Waals surface area contributed by atoms with Crippen LogP contribution in [0.5, 0.6) is 0 Å². The van der Waals surface area contributed by atoms with Crippen molar-refractivity contribution in [3.05, 3.63) is 212 Å². The molecular weight excluding hydrogens is 639 g/mol. The van der Waals surface area contributed by atoms with Crippen molar-refractivity contribution in [3.8, 4) is 33.4 Å². The van der Waals surface area contributed by atoms with E-state index in [0.717, 1.165) is 17.1 Å². The molecule has 10 rings (SSSR count). The molecule has 0 saturated heterocycles. The third kappa shape index (κ3) is 5.42. The average Bonchev–Trinajstić information content (AvgIpc) is 3.24. The molecule has 0 N–H and O–H groups in total. The standard InChI is InChI=1S/C52H35N/c1-3-14-36(15-4-1)37-30-32-43(33-31-37)53(50-25-12-11-21-45(50)38-16-5-2-6-17-38)44-20-13-19-41(34-44)49-35-42-29-28-40-27-26-39-18-7-8-22-46(39)51(40)52(42)48-24-10-9-23-47(48)49/h1-35H. The zero-order valence-corrected chi connectivity index (χ0v) is 29.2. The van der Waals surface area contributed by atoms with Crippen molar-refractivity contribution < 1.29 is 0 Å². The summed E-state index contributed by atoms with van der Waals surface area (Å²) in [5.41, 5.74) is 10.5. The van der Waals surface area contributed by atoms with Gasteiger partial charge in [0.05, 0.1) is 5.69 Å². The Hall–Kier alpha value is -6.96. The summed E-state index contributed by atoms with van der Waals surface area (Å²) in [6.07, 6.45) is 0. The van der Waals surface area contributed by atoms with Crippen molar-refractivity contribution in [2.45, 2.75) is 0 Å². The van der Waals surface area contributed by atoms with Gasteiger partial charge in [-0.1, -0.05) is 176 Å². The molecule has 0 heterocycles. The molecule has 0 aliphatic carbocycles. The van der Waals surface area contributed by atoms with Gasteiger partial charge in [0.25, 0.3) is 0 Å². The van der Waals surface area contributed by atoms with Gasteiger partial charge in [-0.15, -0.1) is 0 Å². The van der Waals surface area contributed by atoms with E-state index in [1.165, 1.54) is 76.5 Å². The molecule has 0 bridgehead atoms. The Bertz CT molecular complexity index is 2930. The summed E-state index contributed by atoms with van der Waals surface area (Å²) in [6.45, 7) is 0. The fourth-order valence-electron chi connectivity index (χ4n) is 8.14. The summed E-state index contributed by atoms with van der Waals surface area (Å²) in [5, 5.41) is 10.2. The summed E-state index contributed by atoms with van der Waals surface area (Å²) in [4.78, 5) is 2.41. The van der Waals surface area contributed by atoms with Gasteiger partial charge in [-0.2, -0.15) is 0 Å². The molecule has 53 heavy (non-hydrogen) atoms. The molecule has 0 spiro atoms. The lowest BCUT2D eigenvalue weighted by Gasteiger charge is -2.28. The van der Waals surface area contributed by atoms with Gasteiger partial charge in [-0.3, -0.25) is 0 Å². The molecule has 0 aliphatic heterocycles. The average molecular weight is 674 g/mol. The van der Waals surface area contributed by atoms with Gasteiger partial charge < -0.3 is 4.90 Å². The normalized spacial score (nSPS) is 11.4. The molecule has 10 aromatic carbocycles. The van der Waals surface area contributed by atoms with Gasteiger partial charge >= 0.3 is 0 Å². The molecule has 1 nitrogen and oxygen atoms in total. The van der Waals surface area contributed by atoms with Gasteiger partial charge in [0, 0.05) is 16.9 Å². The predicted octanol–water partition coefficient (Wildman–Crippen LogP) is 14.8. The minimum atomic E-state index is 1.10. The Morgan fingerprint density at radius 2 is 0.830 bits per heavy atom. The Kier molecular flexibility index (Phi) is 7.55. The highest BCUT2D eigenvalue weighted by atomic mass is 15.1. The highest BCUT2D eigenvalue weighted by Crippen LogP contribution is 2.44. The van der Waals surface area contributed by atoms with Crippen molar-refractivity contribution in [3.63, 3.8) is 0 Å². The lowest BCUT2D eigenvalue weighted by molar-refractivity contribution is 1.28. The molecule has 0 radical (unpaired) electrons. The molecule has 0 aliphatic rings. The Morgan fingerprint density at radius 1 is 0.264 bits per heavy atom. The first-order chi connectivity index (χ1) is 26.3. The van der Waals surface area contributed by atoms with Crippen molar-refractivity contribution in [1.29, 1.82) is 0 Å². The van der Waals surface area contributed by atoms with Crippen LogP contribution in [0.25, 0.3) is 76.5 Å². The maximum absolute atomic E-state index is 2.41. The van der Waals surface area contributed by atoms with Crippen LogP contribution in [0.2, 0.25) is 0 Å². The second-order valence-electron chi connectivity index (χ2n) is 13.7. The van der Waals surface area contributed by atoms with Gasteiger partial charge in [0.15, 0.2) is 0 Å². The van der Waals surface area contributed by atoms with Crippen LogP contribution in [0.4, 0.5) is 17.1 Å². The monoisotopic (exact) mass is 673 g/mol. The van der Waals surface area contributed by atoms with E-state index in [4.69, 9.17) is 0 Å². The van der Waals surface area contributed by atoms with Crippen LogP contribution in [0.3, 0.4) is 0 Å². The van der Waals surface area contributed by atoms with Crippen LogP contribution < -0.4 is 4.90 Å². The number of fused-ring (bicyclic) bond motifs is 7. The van der Waals surface area contributed by atoms with Crippen LogP contribution in [0, 0.1) is 0 Å². The van der Waals surface area contributed by atoms with Gasteiger partial charge in [0.1, 0.15) is 0 Å². The second kappa shape index (κ2) is 13.0. The van der Waals surface area contributed by atoms with E-state index in [0.29, 0.717) is 0 Å². The molecule has 0 unspecified atom stereocenters. The summed E-state index contributed by atoms with van der Waals surface area (Å²) >= 11 is 0. The van der Waals surface area contributed by atoms with Gasteiger partial charge in [-0.25, -0.2) is 0 Å². The Labute approximate surface area is 309 Å². The van der Waals surface area contributed by atoms with E-state index in [9.17, 15) is 0 Å². The van der Waals surface area contributed by atoms with Crippen molar-refractivity contribution in [2.24, 2.45) is 0 Å². The second-order valence-corrected chi connectivity index (χ2v) is 13.7. The fourth-order valence-corrected chi connectivity index (χ4v) is 8.14. The van der Waals surface area contributed by atoms with E-state index in [1.807, 2.05) is 0 Å². The fraction of sp³-hybridized carbons (Fsp3) is 0. The topological polar surface area (TPSA) is 3.24 Å². The minimum absolute atomic E-state index is 1.10. The number of nitrogens with zero attached hydrogens (tertiary/aromatic N) is 1.